The van der Waals surface area contributed by atoms with Crippen LogP contribution in [-0.4, -0.2) is 51.2 Å². The molecule has 1 aliphatic rings. The topological polar surface area (TPSA) is 141 Å². The average Bonchev–Trinajstić information content (AvgIpc) is 2.87. The number of aryl methyl sites for hydroxylation is 1. The number of piperidine rings is 1. The van der Waals surface area contributed by atoms with E-state index >= 15 is 0 Å². The second-order valence-corrected chi connectivity index (χ2v) is 8.45. The molecule has 10 heteroatoms. The highest BCUT2D eigenvalue weighted by Crippen LogP contribution is 2.27. The molecule has 35 heavy (non-hydrogen) atoms. The Kier molecular flexibility index (Phi) is 7.11. The molecule has 4 rings (SSSR count). The van der Waals surface area contributed by atoms with Gasteiger partial charge in [-0.05, 0) is 49.7 Å². The van der Waals surface area contributed by atoms with Crippen molar-refractivity contribution >= 4 is 34.5 Å². The maximum atomic E-state index is 12.9. The van der Waals surface area contributed by atoms with Gasteiger partial charge in [-0.15, -0.1) is 0 Å². The Hall–Kier alpha value is -4.18. The number of nitrogens with zero attached hydrogens (tertiary/aromatic N) is 2. The number of ether oxygens (including phenoxy) is 1. The van der Waals surface area contributed by atoms with Crippen LogP contribution >= 0.6 is 0 Å². The van der Waals surface area contributed by atoms with Crippen LogP contribution in [-0.2, 0) is 16.2 Å². The molecule has 2 aromatic carbocycles. The largest absolute Gasteiger partial charge is 0.489 e. The summed E-state index contributed by atoms with van der Waals surface area (Å²) < 4.78 is 5.95. The highest BCUT2D eigenvalue weighted by atomic mass is 16.5. The zero-order valence-corrected chi connectivity index (χ0v) is 19.1. The Balaban J connectivity index is 1.40. The monoisotopic (exact) mass is 478 g/mol. The van der Waals surface area contributed by atoms with Crippen molar-refractivity contribution in [3.63, 3.8) is 0 Å². The molecule has 3 aromatic rings. The third-order valence-electron chi connectivity index (χ3n) is 6.11. The number of likely N-dealkylation sites (tertiary alicyclic amines) is 1. The number of pyridine rings is 1. The first-order chi connectivity index (χ1) is 16.9. The smallest absolute Gasteiger partial charge is 0.407 e. The van der Waals surface area contributed by atoms with Gasteiger partial charge in [0.2, 0.25) is 11.8 Å². The number of hydroxylamine groups is 1. The van der Waals surface area contributed by atoms with Crippen LogP contribution in [0.4, 0.5) is 10.5 Å². The number of anilines is 1. The standard InChI is InChI=1S/C25H26N4O6/c1-15-12-16(19-4-2-3-5-22(19)26-15)14-35-18-8-6-17(7-9-18)27-23(30)20-10-11-29(25(32)33)13-21(20)24(31)28-34/h2-9,12,20-21,34H,10-11,13-14H2,1H3,(H,27,30)(H,28,31)(H,32,33)/t20?,21-/m0/s1. The number of amides is 3. The minimum atomic E-state index is -1.18. The third kappa shape index (κ3) is 5.49. The highest BCUT2D eigenvalue weighted by molar-refractivity contribution is 5.96. The minimum absolute atomic E-state index is 0.124. The van der Waals surface area contributed by atoms with E-state index in [9.17, 15) is 19.5 Å². The molecule has 1 saturated heterocycles. The summed E-state index contributed by atoms with van der Waals surface area (Å²) in [7, 11) is 0. The van der Waals surface area contributed by atoms with Crippen LogP contribution in [0.2, 0.25) is 0 Å². The number of carboxylic acid groups (broad SMARTS) is 1. The van der Waals surface area contributed by atoms with Crippen molar-refractivity contribution in [2.45, 2.75) is 20.0 Å². The molecule has 1 aromatic heterocycles. The molecule has 182 valence electrons. The van der Waals surface area contributed by atoms with E-state index in [1.54, 1.807) is 24.3 Å². The summed E-state index contributed by atoms with van der Waals surface area (Å²) >= 11 is 0. The van der Waals surface area contributed by atoms with Crippen LogP contribution in [0, 0.1) is 18.8 Å². The predicted molar refractivity (Wildman–Crippen MR) is 127 cm³/mol. The quantitative estimate of drug-likeness (QED) is 0.315. The molecule has 0 spiro atoms. The molecule has 1 aliphatic heterocycles. The number of nitrogens with one attached hydrogen (secondary N) is 2. The maximum absolute atomic E-state index is 12.9. The fourth-order valence-electron chi connectivity index (χ4n) is 4.33. The highest BCUT2D eigenvalue weighted by Gasteiger charge is 2.40. The lowest BCUT2D eigenvalue weighted by molar-refractivity contribution is -0.141. The van der Waals surface area contributed by atoms with E-state index in [1.807, 2.05) is 37.3 Å². The number of fused-ring (bicyclic) bond motifs is 1. The first kappa shape index (κ1) is 24.0. The maximum Gasteiger partial charge on any atom is 0.407 e. The van der Waals surface area contributed by atoms with Crippen molar-refractivity contribution in [3.8, 4) is 5.75 Å². The van der Waals surface area contributed by atoms with Gasteiger partial charge in [0.15, 0.2) is 0 Å². The number of aromatic nitrogens is 1. The molecule has 1 fully saturated rings. The van der Waals surface area contributed by atoms with E-state index in [0.717, 1.165) is 27.1 Å². The average molecular weight is 479 g/mol. The van der Waals surface area contributed by atoms with Gasteiger partial charge in [-0.3, -0.25) is 19.8 Å². The van der Waals surface area contributed by atoms with Crippen molar-refractivity contribution in [1.29, 1.82) is 0 Å². The molecule has 0 radical (unpaired) electrons. The van der Waals surface area contributed by atoms with Crippen LogP contribution in [0.5, 0.6) is 5.75 Å². The van der Waals surface area contributed by atoms with Gasteiger partial charge in [0.05, 0.1) is 17.4 Å². The fourth-order valence-corrected chi connectivity index (χ4v) is 4.33. The van der Waals surface area contributed by atoms with E-state index in [4.69, 9.17) is 9.94 Å². The van der Waals surface area contributed by atoms with Crippen molar-refractivity contribution in [2.24, 2.45) is 11.8 Å². The van der Waals surface area contributed by atoms with Crippen LogP contribution in [0.25, 0.3) is 10.9 Å². The molecule has 10 nitrogen and oxygen atoms in total. The summed E-state index contributed by atoms with van der Waals surface area (Å²) in [5.41, 5.74) is 4.88. The second kappa shape index (κ2) is 10.4. The van der Waals surface area contributed by atoms with Crippen LogP contribution in [0.3, 0.4) is 0 Å². The van der Waals surface area contributed by atoms with E-state index in [-0.39, 0.29) is 19.5 Å². The van der Waals surface area contributed by atoms with Gasteiger partial charge in [-0.25, -0.2) is 10.3 Å². The Morgan fingerprint density at radius 2 is 1.83 bits per heavy atom. The molecular formula is C25H26N4O6. The third-order valence-corrected chi connectivity index (χ3v) is 6.11. The van der Waals surface area contributed by atoms with Gasteiger partial charge in [-0.2, -0.15) is 0 Å². The predicted octanol–water partition coefficient (Wildman–Crippen LogP) is 3.18. The van der Waals surface area contributed by atoms with Crippen LogP contribution < -0.4 is 15.5 Å². The Morgan fingerprint density at radius 1 is 1.09 bits per heavy atom. The van der Waals surface area contributed by atoms with Gasteiger partial charge in [0, 0.05) is 35.4 Å². The molecule has 3 amide bonds. The minimum Gasteiger partial charge on any atom is -0.489 e. The number of hydrogen-bond donors (Lipinski definition) is 4. The number of hydrogen-bond acceptors (Lipinski definition) is 6. The number of carbonyl (C=O) groups excluding carboxylic acids is 2. The molecule has 2 atom stereocenters. The lowest BCUT2D eigenvalue weighted by Gasteiger charge is -2.35. The van der Waals surface area contributed by atoms with Crippen molar-refractivity contribution in [1.82, 2.24) is 15.4 Å². The SMILES string of the molecule is Cc1cc(COc2ccc(NC(=O)C3CCN(C(=O)O)C[C@@H]3C(=O)NO)cc2)c2ccccc2n1. The number of benzene rings is 2. The summed E-state index contributed by atoms with van der Waals surface area (Å²) in [6.07, 6.45) is -1.01. The summed E-state index contributed by atoms with van der Waals surface area (Å²) in [6.45, 7) is 2.25. The van der Waals surface area contributed by atoms with Crippen molar-refractivity contribution < 1.29 is 29.4 Å². The van der Waals surface area contributed by atoms with Gasteiger partial charge < -0.3 is 20.1 Å². The molecule has 0 saturated carbocycles. The fraction of sp³-hybridized carbons (Fsp3) is 0.280. The second-order valence-electron chi connectivity index (χ2n) is 8.45. The lowest BCUT2D eigenvalue weighted by Crippen LogP contribution is -2.51. The number of carbonyl (C=O) groups is 3. The van der Waals surface area contributed by atoms with Gasteiger partial charge in [0.1, 0.15) is 12.4 Å². The van der Waals surface area contributed by atoms with E-state index in [0.29, 0.717) is 18.0 Å². The van der Waals surface area contributed by atoms with Crippen LogP contribution in [0.15, 0.2) is 54.6 Å². The van der Waals surface area contributed by atoms with Gasteiger partial charge >= 0.3 is 6.09 Å². The molecule has 0 bridgehead atoms. The summed E-state index contributed by atoms with van der Waals surface area (Å²) in [5.74, 6) is -2.37. The Morgan fingerprint density at radius 3 is 2.54 bits per heavy atom. The molecular weight excluding hydrogens is 452 g/mol. The van der Waals surface area contributed by atoms with Gasteiger partial charge in [-0.1, -0.05) is 18.2 Å². The zero-order valence-electron chi connectivity index (χ0n) is 19.1. The normalized spacial score (nSPS) is 17.6. The van der Waals surface area contributed by atoms with Crippen molar-refractivity contribution in [2.75, 3.05) is 18.4 Å². The summed E-state index contributed by atoms with van der Waals surface area (Å²) in [5, 5.41) is 22.0. The van der Waals surface area contributed by atoms with Crippen LogP contribution in [0.1, 0.15) is 17.7 Å². The summed E-state index contributed by atoms with van der Waals surface area (Å²) in [6, 6.07) is 16.7. The molecule has 4 N–H and O–H groups in total. The van der Waals surface area contributed by atoms with Gasteiger partial charge in [0.25, 0.3) is 0 Å². The number of rotatable bonds is 6. The van der Waals surface area contributed by atoms with E-state index in [2.05, 4.69) is 10.3 Å². The molecule has 2 heterocycles. The Labute approximate surface area is 201 Å². The van der Waals surface area contributed by atoms with E-state index < -0.39 is 29.7 Å². The number of para-hydroxylation sites is 1. The molecule has 1 unspecified atom stereocenters. The summed E-state index contributed by atoms with van der Waals surface area (Å²) in [4.78, 5) is 41.8. The zero-order chi connectivity index (χ0) is 24.9. The first-order valence-electron chi connectivity index (χ1n) is 11.2. The lowest BCUT2D eigenvalue weighted by atomic mass is 9.84. The van der Waals surface area contributed by atoms with Crippen molar-refractivity contribution in [3.05, 3.63) is 65.9 Å². The molecule has 0 aliphatic carbocycles. The Bertz CT molecular complexity index is 1250. The first-order valence-corrected chi connectivity index (χ1v) is 11.2. The van der Waals surface area contributed by atoms with E-state index in [1.165, 1.54) is 5.48 Å².